The van der Waals surface area contributed by atoms with Gasteiger partial charge in [0.15, 0.2) is 0 Å². The minimum Gasteiger partial charge on any atom is -0.488 e. The van der Waals surface area contributed by atoms with Crippen molar-refractivity contribution in [3.63, 3.8) is 0 Å². The summed E-state index contributed by atoms with van der Waals surface area (Å²) in [6, 6.07) is 11.4. The van der Waals surface area contributed by atoms with Gasteiger partial charge in [0.2, 0.25) is 0 Å². The largest absolute Gasteiger partial charge is 0.488 e. The van der Waals surface area contributed by atoms with Gasteiger partial charge in [-0.2, -0.15) is 5.10 Å². The van der Waals surface area contributed by atoms with Crippen LogP contribution in [0.15, 0.2) is 42.6 Å². The molecule has 0 saturated carbocycles. The summed E-state index contributed by atoms with van der Waals surface area (Å²) in [5, 5.41) is 16.2. The van der Waals surface area contributed by atoms with Gasteiger partial charge in [-0.05, 0) is 38.0 Å². The van der Waals surface area contributed by atoms with E-state index in [4.69, 9.17) is 4.74 Å². The van der Waals surface area contributed by atoms with Gasteiger partial charge in [-0.1, -0.05) is 18.2 Å². The number of hydrogen-bond donors (Lipinski definition) is 1. The molecule has 1 amide bonds. The highest BCUT2D eigenvalue weighted by Crippen LogP contribution is 2.37. The minimum absolute atomic E-state index is 0.0495. The number of rotatable bonds is 5. The third kappa shape index (κ3) is 4.24. The molecule has 4 rings (SSSR count). The maximum absolute atomic E-state index is 12.8. The van der Waals surface area contributed by atoms with Gasteiger partial charge in [0.05, 0.1) is 10.6 Å². The first kappa shape index (κ1) is 20.6. The van der Waals surface area contributed by atoms with Crippen molar-refractivity contribution < 1.29 is 14.6 Å². The Hall–Kier alpha value is -2.71. The first-order valence-corrected chi connectivity index (χ1v) is 10.9. The van der Waals surface area contributed by atoms with Crippen molar-refractivity contribution in [1.29, 1.82) is 0 Å². The first-order chi connectivity index (χ1) is 14.5. The van der Waals surface area contributed by atoms with E-state index < -0.39 is 5.60 Å². The summed E-state index contributed by atoms with van der Waals surface area (Å²) in [5.41, 5.74) is 0.416. The van der Waals surface area contributed by atoms with E-state index in [0.29, 0.717) is 49.7 Å². The fourth-order valence-electron chi connectivity index (χ4n) is 3.71. The van der Waals surface area contributed by atoms with Crippen molar-refractivity contribution in [3.8, 4) is 5.75 Å². The van der Waals surface area contributed by atoms with Gasteiger partial charge in [-0.3, -0.25) is 9.48 Å². The van der Waals surface area contributed by atoms with Crippen molar-refractivity contribution in [1.82, 2.24) is 19.7 Å². The number of aromatic nitrogens is 3. The Morgan fingerprint density at radius 3 is 2.77 bits per heavy atom. The van der Waals surface area contributed by atoms with Crippen LogP contribution >= 0.6 is 11.3 Å². The van der Waals surface area contributed by atoms with Gasteiger partial charge in [-0.25, -0.2) is 4.98 Å². The molecule has 8 heteroatoms. The smallest absolute Gasteiger partial charge is 0.272 e. The summed E-state index contributed by atoms with van der Waals surface area (Å²) in [6.45, 7) is 3.46. The van der Waals surface area contributed by atoms with Gasteiger partial charge >= 0.3 is 0 Å². The Morgan fingerprint density at radius 2 is 2.03 bits per heavy atom. The Balaban J connectivity index is 1.45. The molecule has 158 valence electrons. The molecule has 7 nitrogen and oxygen atoms in total. The zero-order chi connectivity index (χ0) is 21.1. The molecule has 3 heterocycles. The van der Waals surface area contributed by atoms with E-state index in [0.717, 1.165) is 16.3 Å². The number of para-hydroxylation sites is 1. The summed E-state index contributed by atoms with van der Waals surface area (Å²) in [7, 11) is 1.76. The van der Waals surface area contributed by atoms with Crippen LogP contribution in [0.4, 0.5) is 0 Å². The molecule has 1 N–H and O–H groups in total. The number of hydrogen-bond acceptors (Lipinski definition) is 6. The molecular weight excluding hydrogens is 400 g/mol. The molecule has 1 saturated heterocycles. The predicted octanol–water partition coefficient (Wildman–Crippen LogP) is 3.28. The van der Waals surface area contributed by atoms with Crippen LogP contribution in [0.1, 0.15) is 45.3 Å². The maximum Gasteiger partial charge on any atom is 0.272 e. The number of thiazole rings is 1. The van der Waals surface area contributed by atoms with Crippen molar-refractivity contribution in [2.24, 2.45) is 7.05 Å². The van der Waals surface area contributed by atoms with Crippen LogP contribution in [-0.4, -0.2) is 43.8 Å². The Labute approximate surface area is 179 Å². The van der Waals surface area contributed by atoms with Gasteiger partial charge < -0.3 is 14.7 Å². The average Bonchev–Trinajstić information content (AvgIpc) is 3.28. The van der Waals surface area contributed by atoms with Crippen LogP contribution in [0, 0.1) is 6.92 Å². The topological polar surface area (TPSA) is 80.5 Å². The molecule has 1 fully saturated rings. The minimum atomic E-state index is -1.03. The van der Waals surface area contributed by atoms with Crippen molar-refractivity contribution in [2.75, 3.05) is 13.1 Å². The summed E-state index contributed by atoms with van der Waals surface area (Å²) in [6.07, 6.45) is 3.38. The summed E-state index contributed by atoms with van der Waals surface area (Å²) in [4.78, 5) is 20.3. The molecule has 30 heavy (non-hydrogen) atoms. The molecule has 0 radical (unpaired) electrons. The highest BCUT2D eigenvalue weighted by Gasteiger charge is 2.36. The molecule has 1 aromatic carbocycles. The van der Waals surface area contributed by atoms with Crippen molar-refractivity contribution >= 4 is 17.2 Å². The zero-order valence-corrected chi connectivity index (χ0v) is 18.1. The highest BCUT2D eigenvalue weighted by atomic mass is 32.1. The van der Waals surface area contributed by atoms with Gasteiger partial charge in [0.25, 0.3) is 5.91 Å². The molecule has 2 aromatic heterocycles. The molecule has 1 aliphatic rings. The third-order valence-corrected chi connectivity index (χ3v) is 6.87. The van der Waals surface area contributed by atoms with E-state index >= 15 is 0 Å². The fraction of sp³-hybridized carbons (Fsp3) is 0.409. The van der Waals surface area contributed by atoms with E-state index in [1.54, 1.807) is 28.9 Å². The Kier molecular flexibility index (Phi) is 5.87. The monoisotopic (exact) mass is 426 g/mol. The second kappa shape index (κ2) is 8.57. The lowest BCUT2D eigenvalue weighted by atomic mass is 9.96. The van der Waals surface area contributed by atoms with E-state index in [1.807, 2.05) is 37.3 Å². The van der Waals surface area contributed by atoms with Crippen LogP contribution in [0.5, 0.6) is 5.75 Å². The van der Waals surface area contributed by atoms with Crippen LogP contribution in [0.25, 0.3) is 0 Å². The lowest BCUT2D eigenvalue weighted by Gasteiger charge is -2.24. The standard InChI is InChI=1S/C22H26N4O3S/c1-16-19(15-29-17-7-4-3-5-8-17)30-21(24-16)22(28)10-6-13-26(14-11-22)20(27)18-9-12-23-25(18)2/h3-5,7-9,12,28H,6,10-11,13-15H2,1-2H3/t22-/m0/s1. The second-order valence-corrected chi connectivity index (χ2v) is 8.73. The summed E-state index contributed by atoms with van der Waals surface area (Å²) >= 11 is 1.50. The van der Waals surface area contributed by atoms with E-state index in [1.165, 1.54) is 11.3 Å². The van der Waals surface area contributed by atoms with E-state index in [2.05, 4.69) is 10.1 Å². The average molecular weight is 427 g/mol. The van der Waals surface area contributed by atoms with E-state index in [9.17, 15) is 9.90 Å². The number of aryl methyl sites for hydroxylation is 2. The molecule has 1 aliphatic heterocycles. The third-order valence-electron chi connectivity index (χ3n) is 5.54. The maximum atomic E-state index is 12.8. The summed E-state index contributed by atoms with van der Waals surface area (Å²) in [5.74, 6) is 0.760. The van der Waals surface area contributed by atoms with E-state index in [-0.39, 0.29) is 5.91 Å². The van der Waals surface area contributed by atoms with Gasteiger partial charge in [0, 0.05) is 32.8 Å². The fourth-order valence-corrected chi connectivity index (χ4v) is 4.83. The number of carbonyl (C=O) groups excluding carboxylic acids is 1. The van der Waals surface area contributed by atoms with Crippen LogP contribution < -0.4 is 4.74 Å². The van der Waals surface area contributed by atoms with Crippen molar-refractivity contribution in [2.45, 2.75) is 38.4 Å². The van der Waals surface area contributed by atoms with Gasteiger partial charge in [0.1, 0.15) is 28.7 Å². The number of aliphatic hydroxyl groups is 1. The van der Waals surface area contributed by atoms with Crippen molar-refractivity contribution in [3.05, 3.63) is 63.9 Å². The second-order valence-electron chi connectivity index (χ2n) is 7.65. The SMILES string of the molecule is Cc1nc([C@]2(O)CCCN(C(=O)c3ccnn3C)CC2)sc1COc1ccccc1. The molecule has 0 bridgehead atoms. The predicted molar refractivity (Wildman–Crippen MR) is 114 cm³/mol. The normalized spacial score (nSPS) is 19.5. The number of likely N-dealkylation sites (tertiary alicyclic amines) is 1. The highest BCUT2D eigenvalue weighted by molar-refractivity contribution is 7.11. The molecule has 1 atom stereocenters. The number of carbonyl (C=O) groups is 1. The number of nitrogens with zero attached hydrogens (tertiary/aromatic N) is 4. The molecule has 0 unspecified atom stereocenters. The van der Waals surface area contributed by atoms with Gasteiger partial charge in [-0.15, -0.1) is 11.3 Å². The zero-order valence-electron chi connectivity index (χ0n) is 17.2. The molecular formula is C22H26N4O3S. The number of ether oxygens (including phenoxy) is 1. The quantitative estimate of drug-likeness (QED) is 0.677. The molecule has 0 aliphatic carbocycles. The summed E-state index contributed by atoms with van der Waals surface area (Å²) < 4.78 is 7.45. The number of benzene rings is 1. The van der Waals surface area contributed by atoms with Crippen LogP contribution in [0.2, 0.25) is 0 Å². The molecule has 3 aromatic rings. The molecule has 0 spiro atoms. The number of amides is 1. The first-order valence-electron chi connectivity index (χ1n) is 10.1. The Morgan fingerprint density at radius 1 is 1.23 bits per heavy atom. The van der Waals surface area contributed by atoms with Crippen LogP contribution in [-0.2, 0) is 19.3 Å². The Bertz CT molecular complexity index is 1020. The lowest BCUT2D eigenvalue weighted by Crippen LogP contribution is -2.34. The lowest BCUT2D eigenvalue weighted by molar-refractivity contribution is 0.0209. The van der Waals surface area contributed by atoms with Crippen LogP contribution in [0.3, 0.4) is 0 Å².